The van der Waals surface area contributed by atoms with Gasteiger partial charge in [-0.15, -0.1) is 11.8 Å². The molecule has 0 bridgehead atoms. The Morgan fingerprint density at radius 2 is 2.09 bits per heavy atom. The van der Waals surface area contributed by atoms with Crippen LogP contribution in [0.15, 0.2) is 53.4 Å². The molecule has 0 aliphatic carbocycles. The molecule has 2 aromatic rings. The summed E-state index contributed by atoms with van der Waals surface area (Å²) in [5.41, 5.74) is 1.05. The van der Waals surface area contributed by atoms with Gasteiger partial charge in [-0.05, 0) is 30.0 Å². The summed E-state index contributed by atoms with van der Waals surface area (Å²) in [6, 6.07) is 14.6. The van der Waals surface area contributed by atoms with Crippen LogP contribution in [0.3, 0.4) is 0 Å². The summed E-state index contributed by atoms with van der Waals surface area (Å²) in [5, 5.41) is 3.34. The van der Waals surface area contributed by atoms with Crippen molar-refractivity contribution in [3.63, 3.8) is 0 Å². The topological polar surface area (TPSA) is 30.5 Å². The highest BCUT2D eigenvalue weighted by Crippen LogP contribution is 2.34. The maximum Gasteiger partial charge on any atom is 0.151 e. The fourth-order valence-corrected chi connectivity index (χ4v) is 3.20. The van der Waals surface area contributed by atoms with Gasteiger partial charge in [0.1, 0.15) is 17.7 Å². The molecule has 0 aromatic heterocycles. The first-order chi connectivity index (χ1) is 11.3. The highest BCUT2D eigenvalue weighted by molar-refractivity contribution is 7.98. The molecule has 2 aromatic carbocycles. The van der Waals surface area contributed by atoms with Gasteiger partial charge in [-0.2, -0.15) is 0 Å². The van der Waals surface area contributed by atoms with Gasteiger partial charge in [-0.25, -0.2) is 4.39 Å². The van der Waals surface area contributed by atoms with Crippen LogP contribution in [-0.4, -0.2) is 32.1 Å². The maximum atomic E-state index is 13.4. The molecule has 1 fully saturated rings. The lowest BCUT2D eigenvalue weighted by Gasteiger charge is -2.32. The van der Waals surface area contributed by atoms with E-state index in [2.05, 4.69) is 5.32 Å². The molecule has 2 unspecified atom stereocenters. The Balaban J connectivity index is 1.89. The van der Waals surface area contributed by atoms with E-state index in [-0.39, 0.29) is 18.0 Å². The monoisotopic (exact) mass is 333 g/mol. The molecule has 23 heavy (non-hydrogen) atoms. The van der Waals surface area contributed by atoms with Gasteiger partial charge in [0.05, 0.1) is 11.5 Å². The third-order valence-corrected chi connectivity index (χ3v) is 4.56. The first kappa shape index (κ1) is 16.3. The molecule has 3 rings (SSSR count). The highest BCUT2D eigenvalue weighted by Gasteiger charge is 2.28. The van der Waals surface area contributed by atoms with Crippen LogP contribution in [-0.2, 0) is 4.74 Å². The number of hydrogen-bond donors (Lipinski definition) is 1. The van der Waals surface area contributed by atoms with Crippen molar-refractivity contribution >= 4 is 11.8 Å². The van der Waals surface area contributed by atoms with E-state index in [0.717, 1.165) is 23.5 Å². The van der Waals surface area contributed by atoms with E-state index in [4.69, 9.17) is 9.47 Å². The van der Waals surface area contributed by atoms with E-state index in [1.54, 1.807) is 6.07 Å². The van der Waals surface area contributed by atoms with E-state index in [1.165, 1.54) is 23.9 Å². The molecule has 5 heteroatoms. The minimum atomic E-state index is -0.256. The average Bonchev–Trinajstić information content (AvgIpc) is 2.62. The van der Waals surface area contributed by atoms with Crippen molar-refractivity contribution in [2.24, 2.45) is 0 Å². The van der Waals surface area contributed by atoms with E-state index >= 15 is 0 Å². The average molecular weight is 333 g/mol. The standard InChI is InChI=1S/C18H20FNO2S/c1-23-17-11-14(19)7-8-15(17)22-18(13-5-3-2-4-6-13)16-12-20-9-10-21-16/h2-8,11,16,18,20H,9-10,12H2,1H3. The minimum Gasteiger partial charge on any atom is -0.482 e. The number of benzene rings is 2. The van der Waals surface area contributed by atoms with Crippen LogP contribution in [0.2, 0.25) is 0 Å². The Morgan fingerprint density at radius 1 is 1.26 bits per heavy atom. The SMILES string of the molecule is CSc1cc(F)ccc1OC(c1ccccc1)C1CNCCO1. The summed E-state index contributed by atoms with van der Waals surface area (Å²) >= 11 is 1.47. The van der Waals surface area contributed by atoms with Gasteiger partial charge in [-0.3, -0.25) is 0 Å². The second-order valence-electron chi connectivity index (χ2n) is 5.36. The number of halogens is 1. The Hall–Kier alpha value is -1.56. The lowest BCUT2D eigenvalue weighted by molar-refractivity contribution is -0.0440. The molecular weight excluding hydrogens is 313 g/mol. The van der Waals surface area contributed by atoms with Gasteiger partial charge in [0, 0.05) is 13.1 Å². The van der Waals surface area contributed by atoms with Crippen LogP contribution in [0.25, 0.3) is 0 Å². The van der Waals surface area contributed by atoms with Crippen molar-refractivity contribution in [2.45, 2.75) is 17.1 Å². The molecule has 0 saturated carbocycles. The zero-order valence-electron chi connectivity index (χ0n) is 13.0. The molecule has 1 saturated heterocycles. The molecule has 1 aliphatic rings. The molecule has 0 radical (unpaired) electrons. The third kappa shape index (κ3) is 4.05. The maximum absolute atomic E-state index is 13.4. The molecule has 0 amide bonds. The first-order valence-electron chi connectivity index (χ1n) is 7.65. The summed E-state index contributed by atoms with van der Waals surface area (Å²) in [4.78, 5) is 0.787. The number of hydrogen-bond acceptors (Lipinski definition) is 4. The number of rotatable bonds is 5. The van der Waals surface area contributed by atoms with Gasteiger partial charge in [0.25, 0.3) is 0 Å². The van der Waals surface area contributed by atoms with Crippen LogP contribution < -0.4 is 10.1 Å². The largest absolute Gasteiger partial charge is 0.482 e. The second kappa shape index (κ2) is 7.81. The molecule has 3 nitrogen and oxygen atoms in total. The Kier molecular flexibility index (Phi) is 5.54. The van der Waals surface area contributed by atoms with Crippen LogP contribution in [0, 0.1) is 5.82 Å². The summed E-state index contributed by atoms with van der Waals surface area (Å²) in [6.45, 7) is 2.25. The van der Waals surface area contributed by atoms with Crippen LogP contribution in [0.4, 0.5) is 4.39 Å². The zero-order chi connectivity index (χ0) is 16.1. The Labute approximate surface area is 140 Å². The van der Waals surface area contributed by atoms with Crippen molar-refractivity contribution in [1.82, 2.24) is 5.32 Å². The Morgan fingerprint density at radius 3 is 2.78 bits per heavy atom. The van der Waals surface area contributed by atoms with Gasteiger partial charge in [-0.1, -0.05) is 30.3 Å². The third-order valence-electron chi connectivity index (χ3n) is 3.80. The van der Waals surface area contributed by atoms with Gasteiger partial charge in [0.2, 0.25) is 0 Å². The van der Waals surface area contributed by atoms with Crippen molar-refractivity contribution in [2.75, 3.05) is 26.0 Å². The van der Waals surface area contributed by atoms with Gasteiger partial charge < -0.3 is 14.8 Å². The molecule has 1 heterocycles. The van der Waals surface area contributed by atoms with Crippen LogP contribution in [0.1, 0.15) is 11.7 Å². The molecular formula is C18H20FNO2S. The van der Waals surface area contributed by atoms with Crippen molar-refractivity contribution in [3.8, 4) is 5.75 Å². The fourth-order valence-electron chi connectivity index (χ4n) is 2.66. The number of ether oxygens (including phenoxy) is 2. The van der Waals surface area contributed by atoms with Crippen molar-refractivity contribution < 1.29 is 13.9 Å². The highest BCUT2D eigenvalue weighted by atomic mass is 32.2. The summed E-state index contributed by atoms with van der Waals surface area (Å²) in [7, 11) is 0. The number of morpholine rings is 1. The molecule has 1 N–H and O–H groups in total. The quantitative estimate of drug-likeness (QED) is 0.846. The Bertz CT molecular complexity index is 632. The normalized spacial score (nSPS) is 19.3. The van der Waals surface area contributed by atoms with Gasteiger partial charge in [0.15, 0.2) is 6.10 Å². The van der Waals surface area contributed by atoms with E-state index in [0.29, 0.717) is 12.4 Å². The zero-order valence-corrected chi connectivity index (χ0v) is 13.8. The summed E-state index contributed by atoms with van der Waals surface area (Å²) < 4.78 is 25.6. The van der Waals surface area contributed by atoms with Crippen LogP contribution in [0.5, 0.6) is 5.75 Å². The molecule has 2 atom stereocenters. The van der Waals surface area contributed by atoms with Crippen molar-refractivity contribution in [3.05, 3.63) is 59.9 Å². The number of nitrogens with one attached hydrogen (secondary N) is 1. The fraction of sp³-hybridized carbons (Fsp3) is 0.333. The van der Waals surface area contributed by atoms with E-state index < -0.39 is 0 Å². The molecule has 1 aliphatic heterocycles. The molecule has 0 spiro atoms. The van der Waals surface area contributed by atoms with Crippen molar-refractivity contribution in [1.29, 1.82) is 0 Å². The second-order valence-corrected chi connectivity index (χ2v) is 6.21. The van der Waals surface area contributed by atoms with E-state index in [9.17, 15) is 4.39 Å². The smallest absolute Gasteiger partial charge is 0.151 e. The van der Waals surface area contributed by atoms with E-state index in [1.807, 2.05) is 36.6 Å². The lowest BCUT2D eigenvalue weighted by Crippen LogP contribution is -2.43. The summed E-state index contributed by atoms with van der Waals surface area (Å²) in [5.74, 6) is 0.426. The minimum absolute atomic E-state index is 0.0779. The van der Waals surface area contributed by atoms with Gasteiger partial charge >= 0.3 is 0 Å². The predicted octanol–water partition coefficient (Wildman–Crippen LogP) is 3.66. The predicted molar refractivity (Wildman–Crippen MR) is 90.6 cm³/mol. The first-order valence-corrected chi connectivity index (χ1v) is 8.88. The number of thioether (sulfide) groups is 1. The lowest BCUT2D eigenvalue weighted by atomic mass is 10.0. The summed E-state index contributed by atoms with van der Waals surface area (Å²) in [6.07, 6.45) is 1.60. The van der Waals surface area contributed by atoms with Crippen LogP contribution >= 0.6 is 11.8 Å². The molecule has 122 valence electrons.